The monoisotopic (exact) mass is 368 g/mol. The van der Waals surface area contributed by atoms with Crippen LogP contribution in [0.15, 0.2) is 23.1 Å². The highest BCUT2D eigenvalue weighted by atomic mass is 32.2. The second-order valence-corrected chi connectivity index (χ2v) is 8.01. The summed E-state index contributed by atoms with van der Waals surface area (Å²) >= 11 is 0. The molecular formula is C17H24N2O5S. The summed E-state index contributed by atoms with van der Waals surface area (Å²) in [6.07, 6.45) is 2.21. The molecule has 1 aromatic rings. The maximum Gasteiger partial charge on any atom is 0.335 e. The largest absolute Gasteiger partial charge is 0.478 e. The number of carbonyl (C=O) groups is 2. The Hall–Kier alpha value is -1.93. The first-order valence-corrected chi connectivity index (χ1v) is 9.89. The predicted octanol–water partition coefficient (Wildman–Crippen LogP) is 1.63. The number of sulfonamides is 1. The molecule has 1 atom stereocenters. The molecule has 1 aromatic carbocycles. The Morgan fingerprint density at radius 3 is 2.64 bits per heavy atom. The first kappa shape index (κ1) is 19.4. The minimum Gasteiger partial charge on any atom is -0.478 e. The minimum absolute atomic E-state index is 0.0392. The molecule has 7 nitrogen and oxygen atoms in total. The highest BCUT2D eigenvalue weighted by Gasteiger charge is 2.32. The number of carboxylic acids is 1. The molecular weight excluding hydrogens is 344 g/mol. The van der Waals surface area contributed by atoms with Crippen LogP contribution in [0.25, 0.3) is 0 Å². The molecule has 1 heterocycles. The zero-order valence-corrected chi connectivity index (χ0v) is 15.3. The Balaban J connectivity index is 2.32. The van der Waals surface area contributed by atoms with Gasteiger partial charge in [-0.2, -0.15) is 4.31 Å². The maximum absolute atomic E-state index is 13.1. The van der Waals surface area contributed by atoms with Gasteiger partial charge in [0, 0.05) is 25.6 Å². The van der Waals surface area contributed by atoms with Crippen LogP contribution in [0.2, 0.25) is 0 Å². The molecule has 0 aliphatic carbocycles. The van der Waals surface area contributed by atoms with Crippen LogP contribution in [0, 0.1) is 0 Å². The molecule has 0 saturated carbocycles. The number of rotatable bonds is 6. The van der Waals surface area contributed by atoms with Gasteiger partial charge in [-0.15, -0.1) is 0 Å². The van der Waals surface area contributed by atoms with Crippen LogP contribution in [0.1, 0.15) is 49.0 Å². The van der Waals surface area contributed by atoms with Crippen LogP contribution in [0.4, 0.5) is 0 Å². The zero-order valence-electron chi connectivity index (χ0n) is 14.5. The van der Waals surface area contributed by atoms with Gasteiger partial charge in [-0.3, -0.25) is 4.79 Å². The normalized spacial score (nSPS) is 18.7. The fraction of sp³-hybridized carbons (Fsp3) is 0.529. The molecule has 1 saturated heterocycles. The molecule has 138 valence electrons. The number of carbonyl (C=O) groups excluding carboxylic acids is 1. The molecule has 0 aromatic heterocycles. The van der Waals surface area contributed by atoms with E-state index in [9.17, 15) is 18.0 Å². The Labute approximate surface area is 148 Å². The van der Waals surface area contributed by atoms with Gasteiger partial charge in [0.05, 0.1) is 10.5 Å². The lowest BCUT2D eigenvalue weighted by atomic mass is 10.1. The van der Waals surface area contributed by atoms with Crippen molar-refractivity contribution >= 4 is 21.9 Å². The zero-order chi connectivity index (χ0) is 18.6. The predicted molar refractivity (Wildman–Crippen MR) is 93.0 cm³/mol. The average Bonchev–Trinajstić information content (AvgIpc) is 2.61. The summed E-state index contributed by atoms with van der Waals surface area (Å²) in [6, 6.07) is 3.98. The first-order valence-electron chi connectivity index (χ1n) is 8.45. The van der Waals surface area contributed by atoms with Crippen LogP contribution in [-0.4, -0.2) is 48.8 Å². The van der Waals surface area contributed by atoms with E-state index in [0.717, 1.165) is 6.42 Å². The fourth-order valence-corrected chi connectivity index (χ4v) is 4.81. The first-order chi connectivity index (χ1) is 11.8. The summed E-state index contributed by atoms with van der Waals surface area (Å²) in [5, 5.41) is 12.0. The molecule has 0 spiro atoms. The summed E-state index contributed by atoms with van der Waals surface area (Å²) in [5.41, 5.74) is 0.535. The van der Waals surface area contributed by atoms with E-state index in [4.69, 9.17) is 5.11 Å². The van der Waals surface area contributed by atoms with E-state index in [1.165, 1.54) is 16.4 Å². The minimum atomic E-state index is -3.82. The Morgan fingerprint density at radius 1 is 1.32 bits per heavy atom. The van der Waals surface area contributed by atoms with Crippen molar-refractivity contribution in [3.05, 3.63) is 29.3 Å². The van der Waals surface area contributed by atoms with E-state index in [-0.39, 0.29) is 29.0 Å². The molecule has 0 bridgehead atoms. The number of nitrogens with one attached hydrogen (secondary N) is 1. The van der Waals surface area contributed by atoms with Gasteiger partial charge in [-0.1, -0.05) is 19.9 Å². The van der Waals surface area contributed by atoms with Crippen molar-refractivity contribution in [3.8, 4) is 0 Å². The van der Waals surface area contributed by atoms with E-state index in [1.54, 1.807) is 13.0 Å². The molecule has 2 N–H and O–H groups in total. The van der Waals surface area contributed by atoms with Gasteiger partial charge < -0.3 is 10.4 Å². The molecule has 1 amide bonds. The summed E-state index contributed by atoms with van der Waals surface area (Å²) in [6.45, 7) is 4.14. The number of amides is 1. The Kier molecular flexibility index (Phi) is 6.18. The molecule has 1 aliphatic heterocycles. The third kappa shape index (κ3) is 4.38. The van der Waals surface area contributed by atoms with Crippen molar-refractivity contribution in [2.75, 3.05) is 13.1 Å². The van der Waals surface area contributed by atoms with Gasteiger partial charge in [0.2, 0.25) is 15.9 Å². The van der Waals surface area contributed by atoms with Gasteiger partial charge in [-0.25, -0.2) is 13.2 Å². The lowest BCUT2D eigenvalue weighted by Crippen LogP contribution is -2.49. The summed E-state index contributed by atoms with van der Waals surface area (Å²) in [7, 11) is -3.82. The lowest BCUT2D eigenvalue weighted by molar-refractivity contribution is -0.121. The summed E-state index contributed by atoms with van der Waals surface area (Å²) in [4.78, 5) is 22.8. The Morgan fingerprint density at radius 2 is 2.04 bits per heavy atom. The standard InChI is InChI=1S/C17H24N2O5S/c1-3-12-7-8-13(17(21)22)10-15(12)25(23,24)19-9-5-6-14(11-19)18-16(20)4-2/h7-8,10,14H,3-6,9,11H2,1-2H3,(H,18,20)(H,21,22). The molecule has 2 rings (SSSR count). The van der Waals surface area contributed by atoms with Crippen LogP contribution in [-0.2, 0) is 21.2 Å². The van der Waals surface area contributed by atoms with Crippen LogP contribution in [0.3, 0.4) is 0 Å². The number of aryl methyl sites for hydroxylation is 1. The van der Waals surface area contributed by atoms with E-state index in [1.807, 2.05) is 6.92 Å². The lowest BCUT2D eigenvalue weighted by Gasteiger charge is -2.32. The third-order valence-corrected chi connectivity index (χ3v) is 6.33. The maximum atomic E-state index is 13.1. The van der Waals surface area contributed by atoms with Gasteiger partial charge in [0.25, 0.3) is 0 Å². The quantitative estimate of drug-likeness (QED) is 0.794. The second kappa shape index (κ2) is 7.97. The van der Waals surface area contributed by atoms with E-state index >= 15 is 0 Å². The van der Waals surface area contributed by atoms with Gasteiger partial charge in [0.1, 0.15) is 0 Å². The van der Waals surface area contributed by atoms with Gasteiger partial charge in [-0.05, 0) is 37.0 Å². The number of benzene rings is 1. The van der Waals surface area contributed by atoms with Crippen LogP contribution >= 0.6 is 0 Å². The van der Waals surface area contributed by atoms with Gasteiger partial charge >= 0.3 is 5.97 Å². The third-order valence-electron chi connectivity index (χ3n) is 4.38. The van der Waals surface area contributed by atoms with Crippen molar-refractivity contribution in [2.45, 2.75) is 50.5 Å². The number of aromatic carboxylic acids is 1. The molecule has 1 fully saturated rings. The fourth-order valence-electron chi connectivity index (χ4n) is 2.97. The van der Waals surface area contributed by atoms with E-state index in [2.05, 4.69) is 5.32 Å². The average molecular weight is 368 g/mol. The summed E-state index contributed by atoms with van der Waals surface area (Å²) in [5.74, 6) is -1.27. The second-order valence-electron chi connectivity index (χ2n) is 6.10. The molecule has 8 heteroatoms. The van der Waals surface area contributed by atoms with Crippen molar-refractivity contribution in [2.24, 2.45) is 0 Å². The number of nitrogens with zero attached hydrogens (tertiary/aromatic N) is 1. The molecule has 1 aliphatic rings. The van der Waals surface area contributed by atoms with Crippen molar-refractivity contribution in [3.63, 3.8) is 0 Å². The van der Waals surface area contributed by atoms with Crippen molar-refractivity contribution in [1.29, 1.82) is 0 Å². The SMILES string of the molecule is CCC(=O)NC1CCCN(S(=O)(=O)c2cc(C(=O)O)ccc2CC)C1. The molecule has 25 heavy (non-hydrogen) atoms. The highest BCUT2D eigenvalue weighted by Crippen LogP contribution is 2.25. The van der Waals surface area contributed by atoms with E-state index in [0.29, 0.717) is 31.4 Å². The molecule has 1 unspecified atom stereocenters. The van der Waals surface area contributed by atoms with Crippen LogP contribution in [0.5, 0.6) is 0 Å². The number of hydrogen-bond acceptors (Lipinski definition) is 4. The number of hydrogen-bond donors (Lipinski definition) is 2. The summed E-state index contributed by atoms with van der Waals surface area (Å²) < 4.78 is 27.5. The van der Waals surface area contributed by atoms with E-state index < -0.39 is 16.0 Å². The highest BCUT2D eigenvalue weighted by molar-refractivity contribution is 7.89. The number of carboxylic acid groups (broad SMARTS) is 1. The molecule has 0 radical (unpaired) electrons. The smallest absolute Gasteiger partial charge is 0.335 e. The van der Waals surface area contributed by atoms with Crippen molar-refractivity contribution < 1.29 is 23.1 Å². The topological polar surface area (TPSA) is 104 Å². The Bertz CT molecular complexity index is 760. The van der Waals surface area contributed by atoms with Gasteiger partial charge in [0.15, 0.2) is 0 Å². The van der Waals surface area contributed by atoms with Crippen LogP contribution < -0.4 is 5.32 Å². The number of piperidine rings is 1. The van der Waals surface area contributed by atoms with Crippen molar-refractivity contribution in [1.82, 2.24) is 9.62 Å².